The van der Waals surface area contributed by atoms with Crippen molar-refractivity contribution in [2.45, 2.75) is 20.0 Å². The Balaban J connectivity index is 1.26. The van der Waals surface area contributed by atoms with Crippen LogP contribution in [0, 0.1) is 6.92 Å². The van der Waals surface area contributed by atoms with E-state index in [9.17, 15) is 4.79 Å². The van der Waals surface area contributed by atoms with Gasteiger partial charge in [-0.2, -0.15) is 5.10 Å². The minimum atomic E-state index is 0.0453. The Labute approximate surface area is 210 Å². The highest BCUT2D eigenvalue weighted by Crippen LogP contribution is 2.24. The first-order valence-electron chi connectivity index (χ1n) is 11.9. The second-order valence-electron chi connectivity index (χ2n) is 8.77. The van der Waals surface area contributed by atoms with Gasteiger partial charge in [0.05, 0.1) is 22.9 Å². The molecule has 0 atom stereocenters. The third-order valence-electron chi connectivity index (χ3n) is 6.17. The van der Waals surface area contributed by atoms with Crippen molar-refractivity contribution in [3.8, 4) is 11.3 Å². The van der Waals surface area contributed by atoms with Crippen LogP contribution >= 0.6 is 11.3 Å². The van der Waals surface area contributed by atoms with Crippen LogP contribution in [0.15, 0.2) is 78.3 Å². The van der Waals surface area contributed by atoms with Crippen molar-refractivity contribution in [1.82, 2.24) is 24.6 Å². The van der Waals surface area contributed by atoms with Crippen molar-refractivity contribution >= 4 is 23.3 Å². The Morgan fingerprint density at radius 3 is 2.37 bits per heavy atom. The molecule has 0 saturated carbocycles. The van der Waals surface area contributed by atoms with Gasteiger partial charge in [0.25, 0.3) is 0 Å². The third kappa shape index (κ3) is 5.93. The summed E-state index contributed by atoms with van der Waals surface area (Å²) in [5.41, 5.74) is 5.17. The quantitative estimate of drug-likeness (QED) is 0.357. The van der Waals surface area contributed by atoms with Crippen LogP contribution in [0.2, 0.25) is 0 Å². The molecule has 0 aliphatic carbocycles. The van der Waals surface area contributed by atoms with Crippen LogP contribution in [-0.4, -0.2) is 56.7 Å². The lowest BCUT2D eigenvalue weighted by Gasteiger charge is -2.33. The minimum Gasteiger partial charge on any atom is -0.337 e. The summed E-state index contributed by atoms with van der Waals surface area (Å²) < 4.78 is 1.95. The average molecular weight is 484 g/mol. The number of aryl methyl sites for hydroxylation is 1. The van der Waals surface area contributed by atoms with Crippen LogP contribution in [-0.2, 0) is 17.9 Å². The van der Waals surface area contributed by atoms with Crippen molar-refractivity contribution in [1.29, 1.82) is 0 Å². The van der Waals surface area contributed by atoms with E-state index < -0.39 is 0 Å². The Hall–Kier alpha value is -3.55. The molecule has 7 heteroatoms. The number of carbonyl (C=O) groups excluding carboxylic acids is 1. The molecule has 4 aromatic rings. The predicted molar refractivity (Wildman–Crippen MR) is 141 cm³/mol. The fraction of sp³-hybridized carbons (Fsp3) is 0.250. The molecule has 1 saturated heterocycles. The molecule has 0 spiro atoms. The van der Waals surface area contributed by atoms with Crippen molar-refractivity contribution in [3.63, 3.8) is 0 Å². The first-order valence-corrected chi connectivity index (χ1v) is 12.8. The van der Waals surface area contributed by atoms with E-state index in [0.29, 0.717) is 6.54 Å². The zero-order valence-electron chi connectivity index (χ0n) is 19.9. The van der Waals surface area contributed by atoms with Gasteiger partial charge in [0.1, 0.15) is 0 Å². The van der Waals surface area contributed by atoms with Crippen LogP contribution in [0.1, 0.15) is 21.8 Å². The molecule has 2 aromatic carbocycles. The highest BCUT2D eigenvalue weighted by Gasteiger charge is 2.20. The van der Waals surface area contributed by atoms with Gasteiger partial charge in [0.2, 0.25) is 5.91 Å². The fourth-order valence-corrected chi connectivity index (χ4v) is 4.94. The molecule has 6 nitrogen and oxygen atoms in total. The number of nitrogens with zero attached hydrogens (tertiary/aromatic N) is 5. The molecule has 1 amide bonds. The number of hydrogen-bond donors (Lipinski definition) is 0. The van der Waals surface area contributed by atoms with E-state index in [4.69, 9.17) is 5.10 Å². The minimum absolute atomic E-state index is 0.0453. The molecule has 0 radical (unpaired) electrons. The molecule has 5 rings (SSSR count). The van der Waals surface area contributed by atoms with E-state index >= 15 is 0 Å². The molecule has 178 valence electrons. The standard InChI is InChI=1S/C28H29N5OS/c1-22-29-26(21-35-22)20-31-14-16-32(17-15-31)27(34)13-12-25-19-33(18-23-8-4-2-5-9-23)30-28(25)24-10-6-3-7-11-24/h2-13,19,21H,14-18,20H2,1H3. The summed E-state index contributed by atoms with van der Waals surface area (Å²) >= 11 is 1.69. The lowest BCUT2D eigenvalue weighted by Crippen LogP contribution is -2.47. The largest absolute Gasteiger partial charge is 0.337 e. The van der Waals surface area contributed by atoms with Crippen LogP contribution in [0.5, 0.6) is 0 Å². The number of hydrogen-bond acceptors (Lipinski definition) is 5. The maximum atomic E-state index is 13.0. The monoisotopic (exact) mass is 483 g/mol. The topological polar surface area (TPSA) is 54.3 Å². The number of amides is 1. The Kier molecular flexibility index (Phi) is 7.16. The van der Waals surface area contributed by atoms with Gasteiger partial charge >= 0.3 is 0 Å². The second-order valence-corrected chi connectivity index (χ2v) is 9.84. The van der Waals surface area contributed by atoms with Crippen LogP contribution in [0.4, 0.5) is 0 Å². The predicted octanol–water partition coefficient (Wildman–Crippen LogP) is 4.72. The van der Waals surface area contributed by atoms with E-state index in [1.165, 1.54) is 5.56 Å². The van der Waals surface area contributed by atoms with E-state index in [0.717, 1.165) is 60.2 Å². The molecule has 0 N–H and O–H groups in total. The van der Waals surface area contributed by atoms with Gasteiger partial charge in [-0.25, -0.2) is 4.98 Å². The SMILES string of the molecule is Cc1nc(CN2CCN(C(=O)C=Cc3cn(Cc4ccccc4)nc3-c3ccccc3)CC2)cs1. The molecular weight excluding hydrogens is 454 g/mol. The number of benzene rings is 2. The fourth-order valence-electron chi connectivity index (χ4n) is 4.33. The number of aromatic nitrogens is 3. The zero-order valence-corrected chi connectivity index (χ0v) is 20.7. The Morgan fingerprint density at radius 1 is 0.971 bits per heavy atom. The lowest BCUT2D eigenvalue weighted by atomic mass is 10.1. The number of rotatable bonds is 7. The van der Waals surface area contributed by atoms with Crippen molar-refractivity contribution in [2.24, 2.45) is 0 Å². The van der Waals surface area contributed by atoms with Gasteiger partial charge in [-0.15, -0.1) is 11.3 Å². The molecule has 0 unspecified atom stereocenters. The molecule has 1 aliphatic heterocycles. The van der Waals surface area contributed by atoms with E-state index in [1.54, 1.807) is 17.4 Å². The summed E-state index contributed by atoms with van der Waals surface area (Å²) in [6.45, 7) is 6.74. The van der Waals surface area contributed by atoms with Crippen LogP contribution < -0.4 is 0 Å². The first-order chi connectivity index (χ1) is 17.1. The van der Waals surface area contributed by atoms with E-state index in [-0.39, 0.29) is 5.91 Å². The molecule has 35 heavy (non-hydrogen) atoms. The normalized spacial score (nSPS) is 14.6. The number of piperazine rings is 1. The third-order valence-corrected chi connectivity index (χ3v) is 6.99. The summed E-state index contributed by atoms with van der Waals surface area (Å²) in [5.74, 6) is 0.0453. The van der Waals surface area contributed by atoms with Crippen molar-refractivity contribution < 1.29 is 4.79 Å². The maximum Gasteiger partial charge on any atom is 0.246 e. The summed E-state index contributed by atoms with van der Waals surface area (Å²) in [7, 11) is 0. The first kappa shape index (κ1) is 23.2. The van der Waals surface area contributed by atoms with Gasteiger partial charge in [0.15, 0.2) is 0 Å². The van der Waals surface area contributed by atoms with Gasteiger partial charge in [0, 0.05) is 61.5 Å². The van der Waals surface area contributed by atoms with E-state index in [1.807, 2.05) is 65.2 Å². The summed E-state index contributed by atoms with van der Waals surface area (Å²) in [6.07, 6.45) is 5.62. The average Bonchev–Trinajstić information content (AvgIpc) is 3.49. The van der Waals surface area contributed by atoms with Gasteiger partial charge in [-0.3, -0.25) is 14.4 Å². The van der Waals surface area contributed by atoms with Gasteiger partial charge in [-0.1, -0.05) is 60.7 Å². The molecule has 2 aromatic heterocycles. The Morgan fingerprint density at radius 2 is 1.69 bits per heavy atom. The van der Waals surface area contributed by atoms with E-state index in [2.05, 4.69) is 39.5 Å². The molecule has 3 heterocycles. The highest BCUT2D eigenvalue weighted by molar-refractivity contribution is 7.09. The number of thiazole rings is 1. The lowest BCUT2D eigenvalue weighted by molar-refractivity contribution is -0.127. The van der Waals surface area contributed by atoms with Gasteiger partial charge < -0.3 is 4.90 Å². The molecule has 1 aliphatic rings. The molecular formula is C28H29N5OS. The van der Waals surface area contributed by atoms with Crippen LogP contribution in [0.3, 0.4) is 0 Å². The highest BCUT2D eigenvalue weighted by atomic mass is 32.1. The van der Waals surface area contributed by atoms with Crippen LogP contribution in [0.25, 0.3) is 17.3 Å². The molecule has 1 fully saturated rings. The van der Waals surface area contributed by atoms with Gasteiger partial charge in [-0.05, 0) is 18.6 Å². The van der Waals surface area contributed by atoms with Crippen molar-refractivity contribution in [3.05, 3.63) is 100 Å². The zero-order chi connectivity index (χ0) is 24.0. The summed E-state index contributed by atoms with van der Waals surface area (Å²) in [6, 6.07) is 20.4. The second kappa shape index (κ2) is 10.8. The van der Waals surface area contributed by atoms with Crippen molar-refractivity contribution in [2.75, 3.05) is 26.2 Å². The summed E-state index contributed by atoms with van der Waals surface area (Å²) in [4.78, 5) is 21.8. The smallest absolute Gasteiger partial charge is 0.246 e. The maximum absolute atomic E-state index is 13.0. The molecule has 0 bridgehead atoms. The number of carbonyl (C=O) groups is 1. The Bertz CT molecular complexity index is 1290. The summed E-state index contributed by atoms with van der Waals surface area (Å²) in [5, 5.41) is 8.07.